The summed E-state index contributed by atoms with van der Waals surface area (Å²) in [6, 6.07) is 8.54. The van der Waals surface area contributed by atoms with Gasteiger partial charge >= 0.3 is 5.97 Å². The lowest BCUT2D eigenvalue weighted by Crippen LogP contribution is -2.15. The van der Waals surface area contributed by atoms with Crippen LogP contribution in [0.5, 0.6) is 0 Å². The maximum atomic E-state index is 10.9. The molecule has 1 rings (SSSR count). The molecule has 0 aliphatic heterocycles. The zero-order valence-corrected chi connectivity index (χ0v) is 8.00. The fourth-order valence-electron chi connectivity index (χ4n) is 1.35. The predicted octanol–water partition coefficient (Wildman–Crippen LogP) is 1.52. The van der Waals surface area contributed by atoms with Crippen LogP contribution in [0.2, 0.25) is 0 Å². The van der Waals surface area contributed by atoms with Crippen molar-refractivity contribution in [3.63, 3.8) is 0 Å². The molecule has 0 saturated carbocycles. The summed E-state index contributed by atoms with van der Waals surface area (Å²) >= 11 is 0. The molecule has 0 saturated heterocycles. The molecule has 1 aromatic rings. The Morgan fingerprint density at radius 3 is 2.47 bits per heavy atom. The number of carbonyl (C=O) groups is 1. The highest BCUT2D eigenvalue weighted by Gasteiger charge is 2.21. The highest BCUT2D eigenvalue weighted by atomic mass is 16.6. The third-order valence-corrected chi connectivity index (χ3v) is 2.10. The van der Waals surface area contributed by atoms with Crippen LogP contribution in [0.25, 0.3) is 0 Å². The molecular weight excluding hydrogens is 198 g/mol. The monoisotopic (exact) mass is 209 g/mol. The lowest BCUT2D eigenvalue weighted by molar-refractivity contribution is -0.480. The molecule has 0 fully saturated rings. The first-order valence-electron chi connectivity index (χ1n) is 4.51. The molecule has 0 spiro atoms. The summed E-state index contributed by atoms with van der Waals surface area (Å²) in [4.78, 5) is 20.6. The molecule has 1 N–H and O–H groups in total. The molecule has 1 atom stereocenters. The topological polar surface area (TPSA) is 80.4 Å². The number of hydrogen-bond acceptors (Lipinski definition) is 3. The minimum atomic E-state index is -1.02. The van der Waals surface area contributed by atoms with Crippen LogP contribution in [0.15, 0.2) is 30.3 Å². The summed E-state index contributed by atoms with van der Waals surface area (Å²) in [6.45, 7) is -0.328. The molecule has 80 valence electrons. The minimum absolute atomic E-state index is 0.0202. The van der Waals surface area contributed by atoms with Crippen molar-refractivity contribution in [3.8, 4) is 0 Å². The molecular formula is C10H11NO4. The lowest BCUT2D eigenvalue weighted by Gasteiger charge is -2.09. The van der Waals surface area contributed by atoms with Crippen molar-refractivity contribution in [2.75, 3.05) is 6.54 Å². The summed E-state index contributed by atoms with van der Waals surface area (Å²) in [5, 5.41) is 19.1. The van der Waals surface area contributed by atoms with Gasteiger partial charge < -0.3 is 5.11 Å². The highest BCUT2D eigenvalue weighted by Crippen LogP contribution is 2.19. The lowest BCUT2D eigenvalue weighted by atomic mass is 9.96. The Morgan fingerprint density at radius 2 is 2.00 bits per heavy atom. The maximum absolute atomic E-state index is 10.9. The van der Waals surface area contributed by atoms with Gasteiger partial charge in [-0.25, -0.2) is 0 Å². The van der Waals surface area contributed by atoms with Crippen molar-refractivity contribution < 1.29 is 14.8 Å². The molecule has 15 heavy (non-hydrogen) atoms. The second-order valence-electron chi connectivity index (χ2n) is 3.15. The molecule has 5 nitrogen and oxygen atoms in total. The van der Waals surface area contributed by atoms with Gasteiger partial charge in [0, 0.05) is 11.3 Å². The van der Waals surface area contributed by atoms with Gasteiger partial charge in [0.2, 0.25) is 6.54 Å². The van der Waals surface area contributed by atoms with Gasteiger partial charge in [-0.3, -0.25) is 14.9 Å². The zero-order valence-electron chi connectivity index (χ0n) is 8.00. The Morgan fingerprint density at radius 1 is 1.40 bits per heavy atom. The fraction of sp³-hybridized carbons (Fsp3) is 0.300. The van der Waals surface area contributed by atoms with E-state index in [0.29, 0.717) is 5.56 Å². The number of carboxylic acid groups (broad SMARTS) is 1. The van der Waals surface area contributed by atoms with Gasteiger partial charge in [0.1, 0.15) is 0 Å². The summed E-state index contributed by atoms with van der Waals surface area (Å²) in [7, 11) is 0. The number of aliphatic carboxylic acids is 1. The van der Waals surface area contributed by atoms with Gasteiger partial charge in [-0.15, -0.1) is 0 Å². The van der Waals surface area contributed by atoms with Gasteiger partial charge in [0.25, 0.3) is 0 Å². The normalized spacial score (nSPS) is 12.0. The van der Waals surface area contributed by atoms with E-state index >= 15 is 0 Å². The second kappa shape index (κ2) is 5.09. The SMILES string of the molecule is O=C(O)C(CC[N+](=O)[O-])c1ccccc1. The second-order valence-corrected chi connectivity index (χ2v) is 3.15. The van der Waals surface area contributed by atoms with Gasteiger partial charge in [-0.2, -0.15) is 0 Å². The summed E-state index contributed by atoms with van der Waals surface area (Å²) < 4.78 is 0. The third kappa shape index (κ3) is 3.38. The van der Waals surface area contributed by atoms with E-state index in [0.717, 1.165) is 0 Å². The van der Waals surface area contributed by atoms with Crippen LogP contribution < -0.4 is 0 Å². The Hall–Kier alpha value is -1.91. The molecule has 0 aliphatic rings. The Bertz CT molecular complexity index is 350. The van der Waals surface area contributed by atoms with E-state index in [-0.39, 0.29) is 13.0 Å². The van der Waals surface area contributed by atoms with Crippen LogP contribution in [0.4, 0.5) is 0 Å². The molecule has 0 aromatic heterocycles. The highest BCUT2D eigenvalue weighted by molar-refractivity contribution is 5.75. The summed E-state index contributed by atoms with van der Waals surface area (Å²) in [6.07, 6.45) is 0.0202. The number of nitro groups is 1. The largest absolute Gasteiger partial charge is 0.481 e. The number of carboxylic acids is 1. The Balaban J connectivity index is 2.75. The van der Waals surface area contributed by atoms with Crippen LogP contribution >= 0.6 is 0 Å². The van der Waals surface area contributed by atoms with Crippen LogP contribution in [0.3, 0.4) is 0 Å². The van der Waals surface area contributed by atoms with Crippen molar-refractivity contribution in [2.24, 2.45) is 0 Å². The standard InChI is InChI=1S/C10H11NO4/c12-10(13)9(6-7-11(14)15)8-4-2-1-3-5-8/h1-5,9H,6-7H2,(H,12,13). The first kappa shape index (κ1) is 11.2. The molecule has 0 aliphatic carbocycles. The molecule has 0 amide bonds. The number of benzene rings is 1. The molecule has 0 heterocycles. The average molecular weight is 209 g/mol. The van der Waals surface area contributed by atoms with Crippen molar-refractivity contribution in [1.29, 1.82) is 0 Å². The summed E-state index contributed by atoms with van der Waals surface area (Å²) in [5.41, 5.74) is 0.604. The van der Waals surface area contributed by atoms with E-state index in [2.05, 4.69) is 0 Å². The van der Waals surface area contributed by atoms with Gasteiger partial charge in [0.15, 0.2) is 0 Å². The van der Waals surface area contributed by atoms with Gasteiger partial charge in [-0.05, 0) is 5.56 Å². The molecule has 0 bridgehead atoms. The molecule has 1 aromatic carbocycles. The van der Waals surface area contributed by atoms with Gasteiger partial charge in [0.05, 0.1) is 5.92 Å². The van der Waals surface area contributed by atoms with E-state index in [1.165, 1.54) is 0 Å². The minimum Gasteiger partial charge on any atom is -0.481 e. The predicted molar refractivity (Wildman–Crippen MR) is 53.3 cm³/mol. The maximum Gasteiger partial charge on any atom is 0.311 e. The Labute approximate surface area is 86.5 Å². The molecule has 1 unspecified atom stereocenters. The molecule has 0 radical (unpaired) electrons. The van der Waals surface area contributed by atoms with Crippen molar-refractivity contribution in [2.45, 2.75) is 12.3 Å². The fourth-order valence-corrected chi connectivity index (χ4v) is 1.35. The number of rotatable bonds is 5. The summed E-state index contributed by atoms with van der Waals surface area (Å²) in [5.74, 6) is -1.82. The van der Waals surface area contributed by atoms with E-state index in [9.17, 15) is 14.9 Å². The van der Waals surface area contributed by atoms with E-state index in [1.807, 2.05) is 0 Å². The van der Waals surface area contributed by atoms with Crippen molar-refractivity contribution in [1.82, 2.24) is 0 Å². The average Bonchev–Trinajstić information content (AvgIpc) is 2.18. The Kier molecular flexibility index (Phi) is 3.79. The van der Waals surface area contributed by atoms with Gasteiger partial charge in [-0.1, -0.05) is 30.3 Å². The number of hydrogen-bond donors (Lipinski definition) is 1. The molecule has 5 heteroatoms. The quantitative estimate of drug-likeness (QED) is 0.588. The first-order valence-corrected chi connectivity index (χ1v) is 4.51. The smallest absolute Gasteiger partial charge is 0.311 e. The zero-order chi connectivity index (χ0) is 11.3. The first-order chi connectivity index (χ1) is 7.11. The number of nitrogens with zero attached hydrogens (tertiary/aromatic N) is 1. The van der Waals surface area contributed by atoms with E-state index in [1.54, 1.807) is 30.3 Å². The van der Waals surface area contributed by atoms with E-state index < -0.39 is 16.8 Å². The third-order valence-electron chi connectivity index (χ3n) is 2.10. The van der Waals surface area contributed by atoms with E-state index in [4.69, 9.17) is 5.11 Å². The van der Waals surface area contributed by atoms with Crippen LogP contribution in [0, 0.1) is 10.1 Å². The van der Waals surface area contributed by atoms with Crippen LogP contribution in [-0.4, -0.2) is 22.5 Å². The van der Waals surface area contributed by atoms with Crippen LogP contribution in [0.1, 0.15) is 17.9 Å². The van der Waals surface area contributed by atoms with Crippen molar-refractivity contribution in [3.05, 3.63) is 46.0 Å². The van der Waals surface area contributed by atoms with Crippen LogP contribution in [-0.2, 0) is 4.79 Å². The van der Waals surface area contributed by atoms with Crippen molar-refractivity contribution >= 4 is 5.97 Å².